The molecule has 1 aromatic heterocycles. The predicted octanol–water partition coefficient (Wildman–Crippen LogP) is 2.01. The molecule has 0 spiro atoms. The first-order valence-corrected chi connectivity index (χ1v) is 10.9. The number of ether oxygens (including phenoxy) is 1. The minimum atomic E-state index is -0.255. The Labute approximate surface area is 182 Å². The van der Waals surface area contributed by atoms with Gasteiger partial charge in [0.15, 0.2) is 0 Å². The molecule has 8 heteroatoms. The number of hydrogen-bond donors (Lipinski definition) is 1. The van der Waals surface area contributed by atoms with Crippen LogP contribution >= 0.6 is 0 Å². The van der Waals surface area contributed by atoms with Crippen molar-refractivity contribution in [3.63, 3.8) is 0 Å². The van der Waals surface area contributed by atoms with Crippen molar-refractivity contribution in [3.8, 4) is 5.75 Å². The lowest BCUT2D eigenvalue weighted by atomic mass is 10.00. The van der Waals surface area contributed by atoms with Crippen molar-refractivity contribution in [2.24, 2.45) is 0 Å². The normalized spacial score (nSPS) is 20.0. The van der Waals surface area contributed by atoms with E-state index >= 15 is 0 Å². The van der Waals surface area contributed by atoms with Crippen LogP contribution in [-0.2, 0) is 16.0 Å². The Kier molecular flexibility index (Phi) is 6.27. The van der Waals surface area contributed by atoms with Crippen LogP contribution in [0.3, 0.4) is 0 Å². The highest BCUT2D eigenvalue weighted by Gasteiger charge is 2.30. The van der Waals surface area contributed by atoms with Gasteiger partial charge in [-0.1, -0.05) is 23.4 Å². The van der Waals surface area contributed by atoms with Crippen molar-refractivity contribution >= 4 is 11.8 Å². The summed E-state index contributed by atoms with van der Waals surface area (Å²) in [5.74, 6) is 1.63. The van der Waals surface area contributed by atoms with E-state index in [2.05, 4.69) is 15.4 Å². The number of benzene rings is 1. The Balaban J connectivity index is 1.30. The molecule has 2 atom stereocenters. The maximum atomic E-state index is 12.9. The Morgan fingerprint density at radius 3 is 2.65 bits per heavy atom. The van der Waals surface area contributed by atoms with Crippen molar-refractivity contribution in [2.45, 2.75) is 45.7 Å². The first kappa shape index (κ1) is 21.4. The Hall–Kier alpha value is -2.87. The van der Waals surface area contributed by atoms with Crippen LogP contribution in [0.25, 0.3) is 0 Å². The van der Waals surface area contributed by atoms with Crippen molar-refractivity contribution < 1.29 is 18.8 Å². The van der Waals surface area contributed by atoms with E-state index in [4.69, 9.17) is 9.26 Å². The molecule has 166 valence electrons. The largest absolute Gasteiger partial charge is 0.493 e. The standard InChI is InChI=1S/C23H30N4O4/c1-15-19(17(3)31-25-15)14-22(28)27-11-9-26(10-12-27)16(2)23(29)24-20-8-13-30-21-7-5-4-6-18(20)21/h4-7,16,20H,8-14H2,1-3H3,(H,24,29). The number of para-hydroxylation sites is 1. The molecule has 1 N–H and O–H groups in total. The molecule has 0 aliphatic carbocycles. The molecule has 0 bridgehead atoms. The van der Waals surface area contributed by atoms with Gasteiger partial charge >= 0.3 is 0 Å². The minimum absolute atomic E-state index is 0.0113. The van der Waals surface area contributed by atoms with Gasteiger partial charge in [-0.15, -0.1) is 0 Å². The zero-order valence-electron chi connectivity index (χ0n) is 18.4. The highest BCUT2D eigenvalue weighted by molar-refractivity contribution is 5.82. The number of amides is 2. The van der Waals surface area contributed by atoms with Gasteiger partial charge in [-0.3, -0.25) is 14.5 Å². The summed E-state index contributed by atoms with van der Waals surface area (Å²) in [4.78, 5) is 29.6. The smallest absolute Gasteiger partial charge is 0.237 e. The molecule has 2 unspecified atom stereocenters. The van der Waals surface area contributed by atoms with Crippen LogP contribution in [0.5, 0.6) is 5.75 Å². The zero-order valence-corrected chi connectivity index (χ0v) is 18.4. The third-order valence-corrected chi connectivity index (χ3v) is 6.38. The molecule has 3 heterocycles. The fourth-order valence-electron chi connectivity index (χ4n) is 4.33. The average Bonchev–Trinajstić information content (AvgIpc) is 3.11. The fourth-order valence-corrected chi connectivity index (χ4v) is 4.33. The minimum Gasteiger partial charge on any atom is -0.493 e. The molecular weight excluding hydrogens is 396 g/mol. The Morgan fingerprint density at radius 2 is 1.94 bits per heavy atom. The fraction of sp³-hybridized carbons (Fsp3) is 0.522. The quantitative estimate of drug-likeness (QED) is 0.787. The van der Waals surface area contributed by atoms with Gasteiger partial charge in [0.05, 0.1) is 30.8 Å². The van der Waals surface area contributed by atoms with E-state index in [1.807, 2.05) is 49.9 Å². The van der Waals surface area contributed by atoms with Gasteiger partial charge in [0.2, 0.25) is 11.8 Å². The summed E-state index contributed by atoms with van der Waals surface area (Å²) in [5, 5.41) is 7.11. The topological polar surface area (TPSA) is 87.9 Å². The molecule has 31 heavy (non-hydrogen) atoms. The van der Waals surface area contributed by atoms with Crippen molar-refractivity contribution in [1.82, 2.24) is 20.3 Å². The molecule has 2 aliphatic rings. The SMILES string of the molecule is Cc1noc(C)c1CC(=O)N1CCN(C(C)C(=O)NC2CCOc3ccccc32)CC1. The number of carbonyl (C=O) groups excluding carboxylic acids is 2. The summed E-state index contributed by atoms with van der Waals surface area (Å²) >= 11 is 0. The average molecular weight is 427 g/mol. The second-order valence-electron chi connectivity index (χ2n) is 8.31. The van der Waals surface area contributed by atoms with E-state index < -0.39 is 0 Å². The molecule has 2 amide bonds. The molecule has 0 radical (unpaired) electrons. The summed E-state index contributed by atoms with van der Waals surface area (Å²) < 4.78 is 10.9. The summed E-state index contributed by atoms with van der Waals surface area (Å²) in [6, 6.07) is 7.57. The van der Waals surface area contributed by atoms with E-state index in [1.54, 1.807) is 0 Å². The van der Waals surface area contributed by atoms with Gasteiger partial charge < -0.3 is 19.5 Å². The number of piperazine rings is 1. The van der Waals surface area contributed by atoms with Crippen LogP contribution in [0.4, 0.5) is 0 Å². The molecule has 8 nitrogen and oxygen atoms in total. The molecular formula is C23H30N4O4. The first-order valence-electron chi connectivity index (χ1n) is 10.9. The van der Waals surface area contributed by atoms with Crippen LogP contribution in [-0.4, -0.2) is 65.6 Å². The molecule has 4 rings (SSSR count). The number of rotatable bonds is 5. The molecule has 1 saturated heterocycles. The second kappa shape index (κ2) is 9.09. The maximum absolute atomic E-state index is 12.9. The maximum Gasteiger partial charge on any atom is 0.237 e. The van der Waals surface area contributed by atoms with E-state index in [-0.39, 0.29) is 23.9 Å². The van der Waals surface area contributed by atoms with Crippen molar-refractivity contribution in [3.05, 3.63) is 46.8 Å². The molecule has 0 saturated carbocycles. The number of fused-ring (bicyclic) bond motifs is 1. The number of aryl methyl sites for hydroxylation is 2. The van der Waals surface area contributed by atoms with Crippen LogP contribution < -0.4 is 10.1 Å². The molecule has 1 aromatic carbocycles. The van der Waals surface area contributed by atoms with E-state index in [0.717, 1.165) is 29.0 Å². The van der Waals surface area contributed by atoms with E-state index in [9.17, 15) is 9.59 Å². The molecule has 1 fully saturated rings. The summed E-state index contributed by atoms with van der Waals surface area (Å²) in [7, 11) is 0. The zero-order chi connectivity index (χ0) is 22.0. The monoisotopic (exact) mass is 426 g/mol. The lowest BCUT2D eigenvalue weighted by molar-refractivity contribution is -0.133. The second-order valence-corrected chi connectivity index (χ2v) is 8.31. The van der Waals surface area contributed by atoms with Gasteiger partial charge in [0.1, 0.15) is 11.5 Å². The van der Waals surface area contributed by atoms with Crippen LogP contribution in [0.1, 0.15) is 42.0 Å². The summed E-state index contributed by atoms with van der Waals surface area (Å²) in [6.45, 7) is 8.79. The summed E-state index contributed by atoms with van der Waals surface area (Å²) in [6.07, 6.45) is 1.07. The number of aromatic nitrogens is 1. The number of carbonyl (C=O) groups is 2. The third-order valence-electron chi connectivity index (χ3n) is 6.38. The van der Waals surface area contributed by atoms with Gasteiger partial charge in [-0.2, -0.15) is 0 Å². The third kappa shape index (κ3) is 4.58. The van der Waals surface area contributed by atoms with Gasteiger partial charge in [-0.25, -0.2) is 0 Å². The predicted molar refractivity (Wildman–Crippen MR) is 115 cm³/mol. The number of nitrogens with one attached hydrogen (secondary N) is 1. The van der Waals surface area contributed by atoms with Crippen molar-refractivity contribution in [2.75, 3.05) is 32.8 Å². The Morgan fingerprint density at radius 1 is 1.19 bits per heavy atom. The van der Waals surface area contributed by atoms with E-state index in [0.29, 0.717) is 45.0 Å². The summed E-state index contributed by atoms with van der Waals surface area (Å²) in [5.41, 5.74) is 2.67. The Bertz CT molecular complexity index is 929. The van der Waals surface area contributed by atoms with Crippen molar-refractivity contribution in [1.29, 1.82) is 0 Å². The highest BCUT2D eigenvalue weighted by Crippen LogP contribution is 2.31. The number of nitrogens with zero attached hydrogens (tertiary/aromatic N) is 3. The first-order chi connectivity index (χ1) is 14.9. The van der Waals surface area contributed by atoms with Crippen LogP contribution in [0.2, 0.25) is 0 Å². The van der Waals surface area contributed by atoms with E-state index in [1.165, 1.54) is 0 Å². The van der Waals surface area contributed by atoms with Crippen LogP contribution in [0, 0.1) is 13.8 Å². The van der Waals surface area contributed by atoms with Gasteiger partial charge in [0, 0.05) is 43.7 Å². The van der Waals surface area contributed by atoms with Gasteiger partial charge in [0.25, 0.3) is 0 Å². The molecule has 2 aromatic rings. The lowest BCUT2D eigenvalue weighted by Crippen LogP contribution is -2.55. The lowest BCUT2D eigenvalue weighted by Gasteiger charge is -2.38. The van der Waals surface area contributed by atoms with Gasteiger partial charge in [-0.05, 0) is 26.8 Å². The highest BCUT2D eigenvalue weighted by atomic mass is 16.5. The molecule has 2 aliphatic heterocycles. The number of hydrogen-bond acceptors (Lipinski definition) is 6. The van der Waals surface area contributed by atoms with Crippen LogP contribution in [0.15, 0.2) is 28.8 Å².